The van der Waals surface area contributed by atoms with Crippen LogP contribution in [0.2, 0.25) is 0 Å². The minimum Gasteiger partial charge on any atom is -0.444 e. The van der Waals surface area contributed by atoms with Crippen LogP contribution in [0.3, 0.4) is 0 Å². The molecule has 3 heterocycles. The molecule has 2 fully saturated rings. The second-order valence-electron chi connectivity index (χ2n) is 9.09. The number of nitrogens with zero attached hydrogens (tertiary/aromatic N) is 2. The van der Waals surface area contributed by atoms with Crippen LogP contribution >= 0.6 is 0 Å². The van der Waals surface area contributed by atoms with Gasteiger partial charge in [-0.3, -0.25) is 4.79 Å². The quantitative estimate of drug-likeness (QED) is 0.784. The molecule has 0 bridgehead atoms. The second-order valence-corrected chi connectivity index (χ2v) is 11.0. The number of nitrogens with one attached hydrogen (secondary N) is 1. The number of H-pyrrole nitrogens is 1. The number of likely N-dealkylation sites (tertiary alicyclic amines) is 1. The zero-order chi connectivity index (χ0) is 21.8. The van der Waals surface area contributed by atoms with Crippen LogP contribution in [0.25, 0.3) is 10.8 Å². The summed E-state index contributed by atoms with van der Waals surface area (Å²) < 4.78 is 34.0. The van der Waals surface area contributed by atoms with E-state index in [9.17, 15) is 18.0 Å². The van der Waals surface area contributed by atoms with E-state index in [1.807, 2.05) is 20.8 Å². The molecule has 2 aliphatic rings. The maximum absolute atomic E-state index is 13.5. The van der Waals surface area contributed by atoms with E-state index >= 15 is 0 Å². The number of aromatic nitrogens is 1. The van der Waals surface area contributed by atoms with Crippen molar-refractivity contribution in [3.63, 3.8) is 0 Å². The van der Waals surface area contributed by atoms with E-state index in [4.69, 9.17) is 4.74 Å². The fraction of sp³-hybridized carbons (Fsp3) is 0.524. The fourth-order valence-corrected chi connectivity index (χ4v) is 6.27. The van der Waals surface area contributed by atoms with Gasteiger partial charge in [0, 0.05) is 36.6 Å². The van der Waals surface area contributed by atoms with Gasteiger partial charge in [-0.2, -0.15) is 4.31 Å². The van der Waals surface area contributed by atoms with Gasteiger partial charge in [0.15, 0.2) is 0 Å². The summed E-state index contributed by atoms with van der Waals surface area (Å²) in [5.41, 5.74) is -0.229. The molecular weight excluding hydrogens is 406 g/mol. The molecule has 2 aliphatic heterocycles. The molecule has 9 heteroatoms. The van der Waals surface area contributed by atoms with Crippen LogP contribution < -0.4 is 5.56 Å². The summed E-state index contributed by atoms with van der Waals surface area (Å²) >= 11 is 0. The number of aromatic amines is 1. The lowest BCUT2D eigenvalue weighted by Gasteiger charge is -2.28. The Labute approximate surface area is 175 Å². The number of sulfonamides is 1. The first-order chi connectivity index (χ1) is 14.0. The van der Waals surface area contributed by atoms with E-state index in [0.717, 1.165) is 6.42 Å². The molecule has 2 unspecified atom stereocenters. The number of ether oxygens (including phenoxy) is 1. The van der Waals surface area contributed by atoms with E-state index in [-0.39, 0.29) is 29.0 Å². The van der Waals surface area contributed by atoms with Crippen molar-refractivity contribution in [2.45, 2.75) is 50.7 Å². The van der Waals surface area contributed by atoms with Crippen molar-refractivity contribution in [3.05, 3.63) is 40.3 Å². The molecule has 0 radical (unpaired) electrons. The average molecular weight is 434 g/mol. The first-order valence-electron chi connectivity index (χ1n) is 10.1. The predicted octanol–water partition coefficient (Wildman–Crippen LogP) is 2.47. The van der Waals surface area contributed by atoms with Crippen molar-refractivity contribution in [2.75, 3.05) is 19.6 Å². The molecule has 2 saturated heterocycles. The van der Waals surface area contributed by atoms with E-state index < -0.39 is 21.7 Å². The van der Waals surface area contributed by atoms with Crippen molar-refractivity contribution in [1.82, 2.24) is 14.2 Å². The van der Waals surface area contributed by atoms with E-state index in [0.29, 0.717) is 29.4 Å². The predicted molar refractivity (Wildman–Crippen MR) is 113 cm³/mol. The van der Waals surface area contributed by atoms with Crippen LogP contribution in [0.1, 0.15) is 32.8 Å². The van der Waals surface area contributed by atoms with Crippen LogP contribution in [0.5, 0.6) is 0 Å². The first-order valence-corrected chi connectivity index (χ1v) is 11.5. The lowest BCUT2D eigenvalue weighted by Crippen LogP contribution is -2.43. The van der Waals surface area contributed by atoms with Crippen molar-refractivity contribution >= 4 is 26.9 Å². The molecule has 30 heavy (non-hydrogen) atoms. The molecule has 1 aromatic heterocycles. The van der Waals surface area contributed by atoms with Gasteiger partial charge in [0.2, 0.25) is 10.0 Å². The number of hydrogen-bond donors (Lipinski definition) is 1. The van der Waals surface area contributed by atoms with Crippen LogP contribution in [0.4, 0.5) is 4.79 Å². The smallest absolute Gasteiger partial charge is 0.410 e. The van der Waals surface area contributed by atoms with Crippen LogP contribution in [0.15, 0.2) is 34.1 Å². The Morgan fingerprint density at radius 3 is 2.67 bits per heavy atom. The van der Waals surface area contributed by atoms with Gasteiger partial charge in [0.05, 0.1) is 10.9 Å². The number of carbonyl (C=O) groups is 1. The lowest BCUT2D eigenvalue weighted by molar-refractivity contribution is 0.0223. The zero-order valence-electron chi connectivity index (χ0n) is 17.6. The third-order valence-corrected chi connectivity index (χ3v) is 7.72. The van der Waals surface area contributed by atoms with Gasteiger partial charge in [-0.15, -0.1) is 0 Å². The topological polar surface area (TPSA) is 99.8 Å². The SMILES string of the molecule is Cc1c[nH]c(=O)c2cccc(S(=O)(=O)N3CC4CCN(C(=O)OC(C)(C)C)C4C3)c12. The molecule has 4 rings (SSSR count). The van der Waals surface area contributed by atoms with E-state index in [1.54, 1.807) is 30.0 Å². The fourth-order valence-electron chi connectivity index (χ4n) is 4.47. The molecule has 8 nitrogen and oxygen atoms in total. The van der Waals surface area contributed by atoms with Gasteiger partial charge in [0.25, 0.3) is 5.56 Å². The van der Waals surface area contributed by atoms with E-state index in [2.05, 4.69) is 4.98 Å². The van der Waals surface area contributed by atoms with Crippen LogP contribution in [0, 0.1) is 12.8 Å². The van der Waals surface area contributed by atoms with Gasteiger partial charge in [-0.1, -0.05) is 6.07 Å². The summed E-state index contributed by atoms with van der Waals surface area (Å²) in [5.74, 6) is 0.0757. The maximum Gasteiger partial charge on any atom is 0.410 e. The highest BCUT2D eigenvalue weighted by Gasteiger charge is 2.48. The molecule has 2 atom stereocenters. The highest BCUT2D eigenvalue weighted by Crippen LogP contribution is 2.36. The Kier molecular flexibility index (Phi) is 4.93. The molecule has 2 aromatic rings. The number of carbonyl (C=O) groups excluding carboxylic acids is 1. The third-order valence-electron chi connectivity index (χ3n) is 5.84. The van der Waals surface area contributed by atoms with Crippen LogP contribution in [-0.4, -0.2) is 60.0 Å². The van der Waals surface area contributed by atoms with Gasteiger partial charge in [0.1, 0.15) is 5.60 Å². The van der Waals surface area contributed by atoms with E-state index in [1.165, 1.54) is 10.5 Å². The lowest BCUT2D eigenvalue weighted by atomic mass is 10.1. The summed E-state index contributed by atoms with van der Waals surface area (Å²) in [6.45, 7) is 8.37. The Morgan fingerprint density at radius 2 is 1.97 bits per heavy atom. The number of hydrogen-bond acceptors (Lipinski definition) is 5. The van der Waals surface area contributed by atoms with Gasteiger partial charge in [-0.25, -0.2) is 13.2 Å². The molecular formula is C21H27N3O5S. The monoisotopic (exact) mass is 433 g/mol. The molecule has 1 amide bonds. The van der Waals surface area contributed by atoms with Gasteiger partial charge in [-0.05, 0) is 57.7 Å². The average Bonchev–Trinajstić information content (AvgIpc) is 3.24. The Balaban J connectivity index is 1.65. The molecule has 0 saturated carbocycles. The molecule has 1 aromatic carbocycles. The molecule has 162 valence electrons. The summed E-state index contributed by atoms with van der Waals surface area (Å²) in [7, 11) is -3.83. The first kappa shape index (κ1) is 20.9. The number of amides is 1. The Morgan fingerprint density at radius 1 is 1.23 bits per heavy atom. The summed E-state index contributed by atoms with van der Waals surface area (Å²) in [6, 6.07) is 4.56. The number of fused-ring (bicyclic) bond motifs is 2. The number of pyridine rings is 1. The van der Waals surface area contributed by atoms with Crippen LogP contribution in [-0.2, 0) is 14.8 Å². The number of benzene rings is 1. The molecule has 0 spiro atoms. The summed E-state index contributed by atoms with van der Waals surface area (Å²) in [6.07, 6.45) is 1.87. The van der Waals surface area contributed by atoms with Crippen molar-refractivity contribution in [2.24, 2.45) is 5.92 Å². The van der Waals surface area contributed by atoms with Gasteiger partial charge >= 0.3 is 6.09 Å². The molecule has 0 aliphatic carbocycles. The second kappa shape index (κ2) is 7.09. The van der Waals surface area contributed by atoms with Crippen molar-refractivity contribution in [3.8, 4) is 0 Å². The Hall–Kier alpha value is -2.39. The van der Waals surface area contributed by atoms with Crippen molar-refractivity contribution < 1.29 is 17.9 Å². The summed E-state index contributed by atoms with van der Waals surface area (Å²) in [5, 5.41) is 0.799. The summed E-state index contributed by atoms with van der Waals surface area (Å²) in [4.78, 5) is 29.2. The maximum atomic E-state index is 13.5. The third kappa shape index (κ3) is 3.50. The standard InChI is InChI=1S/C21H27N3O5S/c1-13-10-22-19(25)15-6-5-7-17(18(13)15)30(27,28)23-11-14-8-9-24(16(14)12-23)20(26)29-21(2,3)4/h5-7,10,14,16H,8-9,11-12H2,1-4H3,(H,22,25). The number of aryl methyl sites for hydroxylation is 1. The minimum atomic E-state index is -3.83. The highest BCUT2D eigenvalue weighted by molar-refractivity contribution is 7.89. The molecule has 1 N–H and O–H groups in total. The number of rotatable bonds is 2. The normalized spacial score (nSPS) is 22.5. The van der Waals surface area contributed by atoms with Crippen molar-refractivity contribution in [1.29, 1.82) is 0 Å². The largest absolute Gasteiger partial charge is 0.444 e. The zero-order valence-corrected chi connectivity index (χ0v) is 18.5. The Bertz CT molecular complexity index is 1170. The minimum absolute atomic E-state index is 0.0757. The van der Waals surface area contributed by atoms with Gasteiger partial charge < -0.3 is 14.6 Å². The highest BCUT2D eigenvalue weighted by atomic mass is 32.2.